The van der Waals surface area contributed by atoms with E-state index in [1.807, 2.05) is 27.7 Å². The molecule has 0 bridgehead atoms. The molecule has 0 atom stereocenters. The Labute approximate surface area is 144 Å². The summed E-state index contributed by atoms with van der Waals surface area (Å²) in [6, 6.07) is 0. The molecule has 0 aromatic rings. The van der Waals surface area contributed by atoms with E-state index in [1.54, 1.807) is 0 Å². The minimum Gasteiger partial charge on any atom is -0.677 e. The number of nitrogens with one attached hydrogen (secondary N) is 1. The van der Waals surface area contributed by atoms with Gasteiger partial charge in [0, 0.05) is 51.3 Å². The molecule has 0 aromatic carbocycles. The zero-order chi connectivity index (χ0) is 11.9. The molecule has 0 aliphatic carbocycles. The molecule has 0 heterocycles. The topological polar surface area (TPSA) is 42.3 Å². The Balaban J connectivity index is -0.000000980. The van der Waals surface area contributed by atoms with Crippen LogP contribution < -0.4 is 0 Å². The molecule has 5 heteroatoms. The fourth-order valence-electron chi connectivity index (χ4n) is 1.29. The van der Waals surface area contributed by atoms with Crippen molar-refractivity contribution in [1.82, 2.24) is 0 Å². The van der Waals surface area contributed by atoms with Crippen LogP contribution in [0.4, 0.5) is 0 Å². The summed E-state index contributed by atoms with van der Waals surface area (Å²) < 4.78 is 11.2. The van der Waals surface area contributed by atoms with Gasteiger partial charge in [-0.25, -0.2) is 0 Å². The molecule has 0 saturated carbocycles. The standard InChI is InChI=1S/C12H25NO2.V.Y/c1-6-14-12(4,5)8-10-15-11(2,3)7-9-13;;/h13H,1,6-10H2,2-5H3;;/q-2;;. The molecule has 0 aliphatic rings. The van der Waals surface area contributed by atoms with Gasteiger partial charge in [0.25, 0.3) is 0 Å². The van der Waals surface area contributed by atoms with Crippen LogP contribution in [0.15, 0.2) is 0 Å². The van der Waals surface area contributed by atoms with E-state index < -0.39 is 0 Å². The third-order valence-corrected chi connectivity index (χ3v) is 2.42. The van der Waals surface area contributed by atoms with Crippen molar-refractivity contribution in [3.63, 3.8) is 0 Å². The van der Waals surface area contributed by atoms with E-state index in [2.05, 4.69) is 6.92 Å². The molecule has 0 unspecified atom stereocenters. The summed E-state index contributed by atoms with van der Waals surface area (Å²) in [4.78, 5) is 0. The SMILES string of the molecule is [CH2-]COC(C)(C)CCOC(C)(C)CC[NH-].[V].[Y]. The molecular weight excluding hydrogens is 330 g/mol. The second-order valence-corrected chi connectivity index (χ2v) is 4.97. The average Bonchev–Trinajstić information content (AvgIpc) is 2.02. The van der Waals surface area contributed by atoms with Crippen molar-refractivity contribution < 1.29 is 60.7 Å². The molecule has 17 heavy (non-hydrogen) atoms. The number of ether oxygens (including phenoxy) is 2. The van der Waals surface area contributed by atoms with E-state index in [-0.39, 0.29) is 62.5 Å². The van der Waals surface area contributed by atoms with Crippen molar-refractivity contribution in [1.29, 1.82) is 0 Å². The Kier molecular flexibility index (Phi) is 15.9. The Morgan fingerprint density at radius 2 is 1.47 bits per heavy atom. The van der Waals surface area contributed by atoms with Gasteiger partial charge in [0.1, 0.15) is 0 Å². The maximum Gasteiger partial charge on any atom is 0.0612 e. The van der Waals surface area contributed by atoms with Crippen LogP contribution in [-0.4, -0.2) is 31.0 Å². The summed E-state index contributed by atoms with van der Waals surface area (Å²) in [6.07, 6.45) is 1.62. The van der Waals surface area contributed by atoms with E-state index in [9.17, 15) is 0 Å². The van der Waals surface area contributed by atoms with E-state index >= 15 is 0 Å². The third kappa shape index (κ3) is 13.8. The summed E-state index contributed by atoms with van der Waals surface area (Å²) in [7, 11) is 0. The first-order valence-electron chi connectivity index (χ1n) is 5.55. The first-order chi connectivity index (χ1) is 6.83. The van der Waals surface area contributed by atoms with Crippen LogP contribution in [-0.2, 0) is 60.7 Å². The van der Waals surface area contributed by atoms with Crippen LogP contribution >= 0.6 is 0 Å². The van der Waals surface area contributed by atoms with Crippen molar-refractivity contribution in [3.05, 3.63) is 12.7 Å². The zero-order valence-corrected chi connectivity index (χ0v) is 15.8. The zero-order valence-electron chi connectivity index (χ0n) is 11.6. The summed E-state index contributed by atoms with van der Waals surface area (Å²) in [5, 5.41) is 0. The molecule has 2 radical (unpaired) electrons. The van der Waals surface area contributed by atoms with Gasteiger partial charge < -0.3 is 22.1 Å². The van der Waals surface area contributed by atoms with Gasteiger partial charge in [-0.2, -0.15) is 0 Å². The molecular formula is C12H25NO2VY-2. The summed E-state index contributed by atoms with van der Waals surface area (Å²) in [6.45, 7) is 13.4. The smallest absolute Gasteiger partial charge is 0.0612 e. The number of hydrogen-bond acceptors (Lipinski definition) is 2. The van der Waals surface area contributed by atoms with Crippen molar-refractivity contribution in [2.45, 2.75) is 51.7 Å². The van der Waals surface area contributed by atoms with Crippen LogP contribution in [0.2, 0.25) is 0 Å². The van der Waals surface area contributed by atoms with Gasteiger partial charge in [0.05, 0.1) is 17.8 Å². The fraction of sp³-hybridized carbons (Fsp3) is 0.917. The normalized spacial score (nSPS) is 11.6. The van der Waals surface area contributed by atoms with E-state index in [0.717, 1.165) is 12.8 Å². The fourth-order valence-corrected chi connectivity index (χ4v) is 1.29. The molecule has 1 N–H and O–H groups in total. The molecule has 3 nitrogen and oxygen atoms in total. The van der Waals surface area contributed by atoms with Crippen LogP contribution in [0.3, 0.4) is 0 Å². The van der Waals surface area contributed by atoms with Crippen LogP contribution in [0.25, 0.3) is 5.73 Å². The molecule has 0 aromatic heterocycles. The monoisotopic (exact) mass is 355 g/mol. The molecule has 0 fully saturated rings. The first kappa shape index (κ1) is 23.6. The third-order valence-electron chi connectivity index (χ3n) is 2.42. The minimum atomic E-state index is -0.192. The van der Waals surface area contributed by atoms with Crippen molar-refractivity contribution >= 4 is 0 Å². The summed E-state index contributed by atoms with van der Waals surface area (Å²) in [5.74, 6) is 0. The maximum absolute atomic E-state index is 7.17. The van der Waals surface area contributed by atoms with Crippen LogP contribution in [0.5, 0.6) is 0 Å². The van der Waals surface area contributed by atoms with Crippen molar-refractivity contribution in [2.24, 2.45) is 0 Å². The van der Waals surface area contributed by atoms with Gasteiger partial charge >= 0.3 is 0 Å². The second kappa shape index (κ2) is 11.4. The van der Waals surface area contributed by atoms with E-state index in [1.165, 1.54) is 0 Å². The molecule has 0 rings (SSSR count). The second-order valence-electron chi connectivity index (χ2n) is 4.97. The van der Waals surface area contributed by atoms with Crippen molar-refractivity contribution in [3.8, 4) is 0 Å². The maximum atomic E-state index is 7.17. The molecule has 0 amide bonds. The number of hydrogen-bond donors (Lipinski definition) is 0. The summed E-state index contributed by atoms with van der Waals surface area (Å²) >= 11 is 0. The average molecular weight is 355 g/mol. The van der Waals surface area contributed by atoms with E-state index in [4.69, 9.17) is 15.2 Å². The van der Waals surface area contributed by atoms with Gasteiger partial charge in [0.15, 0.2) is 0 Å². The predicted octanol–water partition coefficient (Wildman–Crippen LogP) is 3.24. The molecule has 100 valence electrons. The van der Waals surface area contributed by atoms with Gasteiger partial charge in [-0.3, -0.25) is 0 Å². The Bertz CT molecular complexity index is 160. The number of rotatable bonds is 8. The van der Waals surface area contributed by atoms with Gasteiger partial charge in [-0.05, 0) is 40.5 Å². The Hall–Kier alpha value is 1.57. The first-order valence-corrected chi connectivity index (χ1v) is 5.55. The van der Waals surface area contributed by atoms with Gasteiger partial charge in [-0.15, -0.1) is 6.54 Å². The van der Waals surface area contributed by atoms with E-state index in [0.29, 0.717) is 19.8 Å². The predicted molar refractivity (Wildman–Crippen MR) is 63.8 cm³/mol. The van der Waals surface area contributed by atoms with Gasteiger partial charge in [0.2, 0.25) is 0 Å². The molecule has 0 spiro atoms. The van der Waals surface area contributed by atoms with Crippen molar-refractivity contribution in [2.75, 3.05) is 19.8 Å². The Morgan fingerprint density at radius 3 is 1.88 bits per heavy atom. The summed E-state index contributed by atoms with van der Waals surface area (Å²) in [5.41, 5.74) is 6.81. The van der Waals surface area contributed by atoms with Crippen LogP contribution in [0.1, 0.15) is 40.5 Å². The quantitative estimate of drug-likeness (QED) is 0.628. The van der Waals surface area contributed by atoms with Gasteiger partial charge in [-0.1, -0.05) is 6.61 Å². The molecule has 0 aliphatic heterocycles. The molecule has 0 saturated heterocycles. The minimum absolute atomic E-state index is 0. The largest absolute Gasteiger partial charge is 0.677 e. The van der Waals surface area contributed by atoms with Crippen LogP contribution in [0, 0.1) is 6.92 Å². The Morgan fingerprint density at radius 1 is 1.00 bits per heavy atom.